The van der Waals surface area contributed by atoms with Gasteiger partial charge in [0.1, 0.15) is 0 Å². The minimum atomic E-state index is -1.11. The van der Waals surface area contributed by atoms with Crippen LogP contribution < -0.4 is 0 Å². The Labute approximate surface area is 79.0 Å². The molecule has 0 aromatic carbocycles. The molecule has 0 saturated carbocycles. The molecule has 70 valence electrons. The lowest BCUT2D eigenvalue weighted by molar-refractivity contribution is 0.0691. The van der Waals surface area contributed by atoms with Crippen LogP contribution in [0, 0.1) is 0 Å². The first kappa shape index (κ1) is 8.43. The second-order valence-corrected chi connectivity index (χ2v) is 2.58. The summed E-state index contributed by atoms with van der Waals surface area (Å²) in [5.74, 6) is -0.886. The molecule has 0 fully saturated rings. The maximum atomic E-state index is 10.7. The summed E-state index contributed by atoms with van der Waals surface area (Å²) in [6.45, 7) is 0. The highest BCUT2D eigenvalue weighted by atomic mass is 16.4. The smallest absolute Gasteiger partial charge is 0.358 e. The summed E-state index contributed by atoms with van der Waals surface area (Å²) in [6, 6.07) is 3.41. The first-order valence-corrected chi connectivity index (χ1v) is 3.86. The van der Waals surface area contributed by atoms with E-state index in [-0.39, 0.29) is 11.5 Å². The molecule has 0 atom stereocenters. The van der Waals surface area contributed by atoms with E-state index in [0.717, 1.165) is 6.39 Å². The molecule has 2 aromatic rings. The van der Waals surface area contributed by atoms with E-state index in [1.165, 1.54) is 6.20 Å². The van der Waals surface area contributed by atoms with Gasteiger partial charge in [-0.15, -0.1) is 0 Å². The highest BCUT2D eigenvalue weighted by Gasteiger charge is 2.16. The van der Waals surface area contributed by atoms with Crippen molar-refractivity contribution in [1.82, 2.24) is 9.97 Å². The van der Waals surface area contributed by atoms with Gasteiger partial charge in [0.2, 0.25) is 0 Å². The molecule has 0 bridgehead atoms. The molecular weight excluding hydrogens is 184 g/mol. The van der Waals surface area contributed by atoms with Crippen molar-refractivity contribution < 1.29 is 14.3 Å². The van der Waals surface area contributed by atoms with Crippen LogP contribution in [0.2, 0.25) is 0 Å². The predicted octanol–water partition coefficient (Wildman–Crippen LogP) is 1.43. The number of carboxylic acids is 1. The average Bonchev–Trinajstić information content (AvgIpc) is 2.67. The van der Waals surface area contributed by atoms with Crippen LogP contribution in [-0.4, -0.2) is 21.0 Å². The zero-order chi connectivity index (χ0) is 9.97. The third-order valence-electron chi connectivity index (χ3n) is 1.69. The molecule has 2 rings (SSSR count). The van der Waals surface area contributed by atoms with Crippen LogP contribution in [-0.2, 0) is 0 Å². The van der Waals surface area contributed by atoms with Crippen LogP contribution in [0.1, 0.15) is 10.5 Å². The molecule has 2 aromatic heterocycles. The Morgan fingerprint density at radius 3 is 3.00 bits per heavy atom. The molecule has 0 radical (unpaired) electrons. The third kappa shape index (κ3) is 1.35. The highest BCUT2D eigenvalue weighted by Crippen LogP contribution is 2.21. The van der Waals surface area contributed by atoms with E-state index < -0.39 is 5.97 Å². The largest absolute Gasteiger partial charge is 0.476 e. The van der Waals surface area contributed by atoms with Gasteiger partial charge in [0.05, 0.1) is 0 Å². The van der Waals surface area contributed by atoms with Crippen molar-refractivity contribution in [3.63, 3.8) is 0 Å². The van der Waals surface area contributed by atoms with Crippen molar-refractivity contribution in [1.29, 1.82) is 0 Å². The third-order valence-corrected chi connectivity index (χ3v) is 1.69. The van der Waals surface area contributed by atoms with Gasteiger partial charge in [-0.1, -0.05) is 0 Å². The first-order valence-electron chi connectivity index (χ1n) is 3.86. The Bertz CT molecular complexity index is 450. The van der Waals surface area contributed by atoms with Gasteiger partial charge in [0.15, 0.2) is 17.8 Å². The Morgan fingerprint density at radius 1 is 1.50 bits per heavy atom. The minimum Gasteiger partial charge on any atom is -0.476 e. The predicted molar refractivity (Wildman–Crippen MR) is 46.7 cm³/mol. The van der Waals surface area contributed by atoms with E-state index in [1.54, 1.807) is 18.3 Å². The fraction of sp³-hybridized carbons (Fsp3) is 0. The molecule has 0 aliphatic heterocycles. The number of oxazole rings is 1. The Balaban J connectivity index is 2.52. The van der Waals surface area contributed by atoms with E-state index in [4.69, 9.17) is 9.52 Å². The molecule has 5 heteroatoms. The summed E-state index contributed by atoms with van der Waals surface area (Å²) in [5.41, 5.74) is 0.500. The molecule has 0 unspecified atom stereocenters. The van der Waals surface area contributed by atoms with E-state index in [0.29, 0.717) is 5.56 Å². The van der Waals surface area contributed by atoms with Gasteiger partial charge in [-0.2, -0.15) is 0 Å². The lowest BCUT2D eigenvalue weighted by Crippen LogP contribution is -1.98. The van der Waals surface area contributed by atoms with Gasteiger partial charge in [0.25, 0.3) is 0 Å². The molecule has 2 heterocycles. The van der Waals surface area contributed by atoms with Crippen LogP contribution in [0.25, 0.3) is 11.3 Å². The van der Waals surface area contributed by atoms with Gasteiger partial charge in [-0.05, 0) is 12.1 Å². The first-order chi connectivity index (χ1) is 6.79. The summed E-state index contributed by atoms with van der Waals surface area (Å²) >= 11 is 0. The fourth-order valence-corrected chi connectivity index (χ4v) is 1.10. The monoisotopic (exact) mass is 190 g/mol. The van der Waals surface area contributed by atoms with Crippen LogP contribution >= 0.6 is 0 Å². The number of carbonyl (C=O) groups is 1. The molecule has 1 N–H and O–H groups in total. The quantitative estimate of drug-likeness (QED) is 0.775. The molecule has 0 saturated heterocycles. The topological polar surface area (TPSA) is 76.2 Å². The van der Waals surface area contributed by atoms with Crippen LogP contribution in [0.3, 0.4) is 0 Å². The Kier molecular flexibility index (Phi) is 1.98. The van der Waals surface area contributed by atoms with Crippen molar-refractivity contribution >= 4 is 5.97 Å². The van der Waals surface area contributed by atoms with Gasteiger partial charge < -0.3 is 9.52 Å². The maximum Gasteiger partial charge on any atom is 0.358 e. The summed E-state index contributed by atoms with van der Waals surface area (Å²) in [7, 11) is 0. The summed E-state index contributed by atoms with van der Waals surface area (Å²) < 4.78 is 4.98. The second kappa shape index (κ2) is 3.29. The van der Waals surface area contributed by atoms with Gasteiger partial charge in [-0.25, -0.2) is 9.78 Å². The molecule has 0 aliphatic rings. The number of nitrogens with zero attached hydrogens (tertiary/aromatic N) is 2. The summed E-state index contributed by atoms with van der Waals surface area (Å²) in [4.78, 5) is 18.2. The van der Waals surface area contributed by atoms with Crippen LogP contribution in [0.15, 0.2) is 35.3 Å². The zero-order valence-corrected chi connectivity index (χ0v) is 7.04. The van der Waals surface area contributed by atoms with Crippen molar-refractivity contribution in [2.24, 2.45) is 0 Å². The number of aromatic carboxylic acids is 1. The SMILES string of the molecule is O=C(O)c1ncoc1-c1cccnc1. The summed E-state index contributed by atoms with van der Waals surface area (Å²) in [6.07, 6.45) is 4.22. The molecular formula is C9H6N2O3. The van der Waals surface area contributed by atoms with E-state index in [1.807, 2.05) is 0 Å². The Hall–Kier alpha value is -2.17. The fourth-order valence-electron chi connectivity index (χ4n) is 1.10. The van der Waals surface area contributed by atoms with Crippen LogP contribution in [0.4, 0.5) is 0 Å². The molecule has 0 amide bonds. The van der Waals surface area contributed by atoms with Gasteiger partial charge in [0, 0.05) is 18.0 Å². The number of carboxylic acid groups (broad SMARTS) is 1. The molecule has 14 heavy (non-hydrogen) atoms. The van der Waals surface area contributed by atoms with Crippen molar-refractivity contribution in [3.05, 3.63) is 36.6 Å². The van der Waals surface area contributed by atoms with E-state index in [9.17, 15) is 4.79 Å². The van der Waals surface area contributed by atoms with Crippen molar-refractivity contribution in [2.45, 2.75) is 0 Å². The second-order valence-electron chi connectivity index (χ2n) is 2.58. The minimum absolute atomic E-state index is 0.0991. The lowest BCUT2D eigenvalue weighted by atomic mass is 10.2. The number of rotatable bonds is 2. The van der Waals surface area contributed by atoms with Gasteiger partial charge in [-0.3, -0.25) is 4.98 Å². The maximum absolute atomic E-state index is 10.7. The normalized spacial score (nSPS) is 10.0. The summed E-state index contributed by atoms with van der Waals surface area (Å²) in [5, 5.41) is 8.77. The number of hydrogen-bond acceptors (Lipinski definition) is 4. The number of pyridine rings is 1. The number of hydrogen-bond donors (Lipinski definition) is 1. The Morgan fingerprint density at radius 2 is 2.36 bits per heavy atom. The van der Waals surface area contributed by atoms with Crippen molar-refractivity contribution in [3.8, 4) is 11.3 Å². The van der Waals surface area contributed by atoms with Crippen LogP contribution in [0.5, 0.6) is 0 Å². The number of aromatic nitrogens is 2. The molecule has 0 aliphatic carbocycles. The van der Waals surface area contributed by atoms with E-state index >= 15 is 0 Å². The van der Waals surface area contributed by atoms with Gasteiger partial charge >= 0.3 is 5.97 Å². The van der Waals surface area contributed by atoms with E-state index in [2.05, 4.69) is 9.97 Å². The standard InChI is InChI=1S/C9H6N2O3/c12-9(13)7-8(14-5-11-7)6-2-1-3-10-4-6/h1-5H,(H,12,13). The molecule has 5 nitrogen and oxygen atoms in total. The highest BCUT2D eigenvalue weighted by molar-refractivity contribution is 5.91. The van der Waals surface area contributed by atoms with Crippen molar-refractivity contribution in [2.75, 3.05) is 0 Å². The zero-order valence-electron chi connectivity index (χ0n) is 7.04. The molecule has 0 spiro atoms. The lowest BCUT2D eigenvalue weighted by Gasteiger charge is -1.95. The average molecular weight is 190 g/mol.